The summed E-state index contributed by atoms with van der Waals surface area (Å²) in [5.41, 5.74) is 0. The van der Waals surface area contributed by atoms with Crippen molar-refractivity contribution in [2.75, 3.05) is 0 Å². The van der Waals surface area contributed by atoms with Gasteiger partial charge >= 0.3 is 151 Å². The van der Waals surface area contributed by atoms with E-state index in [1.54, 1.807) is 0 Å². The lowest BCUT2D eigenvalue weighted by Crippen LogP contribution is -2.89. The minimum atomic E-state index is -6.00. The first-order chi connectivity index (χ1) is 26.9. The van der Waals surface area contributed by atoms with Crippen LogP contribution in [-0.2, 0) is 108 Å². The minimum absolute atomic E-state index is 1.12. The molecule has 5 N–H and O–H groups in total. The maximum Gasteiger partial charge on any atom is 0.684 e. The lowest BCUT2D eigenvalue weighted by molar-refractivity contribution is -0.207. The van der Waals surface area contributed by atoms with Gasteiger partial charge in [0.15, 0.2) is 0 Å². The Morgan fingerprint density at radius 1 is 0.300 bits per heavy atom. The third kappa shape index (κ3) is 9.31. The van der Waals surface area contributed by atoms with Gasteiger partial charge in [0, 0.05) is 39.3 Å². The Balaban J connectivity index is 1.38. The van der Waals surface area contributed by atoms with E-state index in [0.717, 1.165) is 6.55 Å². The van der Waals surface area contributed by atoms with E-state index in [1.165, 1.54) is 72.0 Å². The zero-order valence-corrected chi connectivity index (χ0v) is 50.4. The first-order valence-electron chi connectivity index (χ1n) is 17.5. The Bertz CT molecular complexity index is 1800. The van der Waals surface area contributed by atoms with Crippen molar-refractivity contribution in [2.24, 2.45) is 0 Å². The molecular weight excluding hydrogens is 1120 g/mol. The van der Waals surface area contributed by atoms with Crippen LogP contribution in [0.4, 0.5) is 0 Å². The topological polar surface area (TPSA) is 341 Å². The van der Waals surface area contributed by atoms with Crippen LogP contribution in [0, 0.1) is 0 Å². The van der Waals surface area contributed by atoms with Crippen molar-refractivity contribution in [3.05, 3.63) is 0 Å². The summed E-state index contributed by atoms with van der Waals surface area (Å²) in [6, 6.07) is 0. The van der Waals surface area contributed by atoms with Crippen molar-refractivity contribution in [3.63, 3.8) is 0 Å². The van der Waals surface area contributed by atoms with Gasteiger partial charge in [-0.3, -0.25) is 0 Å². The number of fused-ring (bicyclic) bond motifs is 5. The molecule has 0 aromatic rings. The lowest BCUT2D eigenvalue weighted by atomic mass is 11.9. The predicted molar refractivity (Wildman–Crippen MR) is 207 cm³/mol. The second kappa shape index (κ2) is 13.8. The molecule has 1 radical (unpaired) electrons. The van der Waals surface area contributed by atoms with Crippen LogP contribution in [0.25, 0.3) is 0 Å². The molecule has 12 aliphatic rings. The van der Waals surface area contributed by atoms with E-state index in [4.69, 9.17) is 108 Å². The van der Waals surface area contributed by atoms with Crippen LogP contribution in [0.3, 0.4) is 0 Å². The van der Waals surface area contributed by atoms with E-state index in [0.29, 0.717) is 0 Å². The molecule has 31 nitrogen and oxygen atoms in total. The highest BCUT2D eigenvalue weighted by Crippen LogP contribution is 2.51. The van der Waals surface area contributed by atoms with Gasteiger partial charge in [0.05, 0.1) is 0 Å². The summed E-state index contributed by atoms with van der Waals surface area (Å²) in [7, 11) is -82.0. The van der Waals surface area contributed by atoms with Crippen molar-refractivity contribution in [1.29, 1.82) is 0 Å². The third-order valence-electron chi connectivity index (χ3n) is 7.95. The monoisotopic (exact) mass is 1160 g/mol. The zero-order valence-electron chi connectivity index (χ0n) is 33.4. The molecule has 12 aliphatic heterocycles. The van der Waals surface area contributed by atoms with Crippen LogP contribution >= 0.6 is 0 Å². The Hall–Kier alpha value is 2.45. The zero-order chi connectivity index (χ0) is 44.0. The molecule has 48 heteroatoms. The Labute approximate surface area is 359 Å². The van der Waals surface area contributed by atoms with Crippen LogP contribution in [0.1, 0.15) is 0 Å². The smallest absolute Gasteiger partial charge is 0.395 e. The third-order valence-corrected chi connectivity index (χ3v) is 70.0. The summed E-state index contributed by atoms with van der Waals surface area (Å²) in [6.07, 6.45) is 0. The first kappa shape index (κ1) is 47.5. The summed E-state index contributed by atoms with van der Waals surface area (Å²) in [6.45, 7) is 16.7. The summed E-state index contributed by atoms with van der Waals surface area (Å²) in [5, 5.41) is 0. The average molecular weight is 1160 g/mol. The Morgan fingerprint density at radius 3 is 1.33 bits per heavy atom. The van der Waals surface area contributed by atoms with Gasteiger partial charge in [0.2, 0.25) is 0 Å². The normalized spacial score (nSPS) is 57.0. The quantitative estimate of drug-likeness (QED) is 0.114. The summed E-state index contributed by atoms with van der Waals surface area (Å²) in [5.74, 6) is 0. The van der Waals surface area contributed by atoms with E-state index in [2.05, 4.69) is 0 Å². The fourth-order valence-corrected chi connectivity index (χ4v) is 82.2. The molecule has 60 heavy (non-hydrogen) atoms. The molecule has 10 atom stereocenters. The minimum Gasteiger partial charge on any atom is -0.395 e. The fraction of sp³-hybridized carbons (Fsp3) is 1.00. The molecule has 0 aromatic heterocycles. The van der Waals surface area contributed by atoms with Gasteiger partial charge in [0.25, 0.3) is 0 Å². The van der Waals surface area contributed by atoms with Gasteiger partial charge in [-0.1, -0.05) is 0 Å². The van der Waals surface area contributed by atoms with Crippen LogP contribution in [-0.4, -0.2) is 175 Å². The molecule has 12 rings (SSSR count). The molecule has 10 unspecified atom stereocenters. The number of hydrogen-bond donors (Lipinski definition) is 5. The van der Waals surface area contributed by atoms with Gasteiger partial charge in [0.1, 0.15) is 0 Å². The second-order valence-corrected chi connectivity index (χ2v) is 62.3. The SMILES string of the molecule is C[Si]1(C)O[Si](O)O[Si]23O[Si](C)(O)O[Si](C)(C)O[Si]4(C)O[Si]5(C)OO[Si]6(O[Si](C)(C)O[Si]7(O[Si](C)(O[Si](C)(O1)O[Si](O)(O2)O[Si]1(O[Si](O)(O)O[Si]2(O[Si](C)(O5)O2)O1)O7)O3)O6)O4. The van der Waals surface area contributed by atoms with Gasteiger partial charge in [-0.25, -0.2) is 9.15 Å². The molecule has 0 aromatic carbocycles. The summed E-state index contributed by atoms with van der Waals surface area (Å²) in [4.78, 5) is 59.3. The molecule has 5 spiro atoms. The van der Waals surface area contributed by atoms with Crippen molar-refractivity contribution in [3.8, 4) is 0 Å². The highest BCUT2D eigenvalue weighted by atomic mass is 28.7. The molecule has 0 aliphatic carbocycles. The van der Waals surface area contributed by atoms with Crippen molar-refractivity contribution >= 4 is 151 Å². The van der Waals surface area contributed by atoms with Crippen LogP contribution < -0.4 is 0 Å². The molecule has 0 amide bonds. The van der Waals surface area contributed by atoms with E-state index < -0.39 is 151 Å². The summed E-state index contributed by atoms with van der Waals surface area (Å²) >= 11 is 0. The number of hydrogen-bond acceptors (Lipinski definition) is 31. The van der Waals surface area contributed by atoms with Crippen LogP contribution in [0.15, 0.2) is 0 Å². The van der Waals surface area contributed by atoms with Crippen molar-refractivity contribution in [1.82, 2.24) is 0 Å². The summed E-state index contributed by atoms with van der Waals surface area (Å²) < 4.78 is 163. The van der Waals surface area contributed by atoms with Gasteiger partial charge < -0.3 is 123 Å². The highest BCUT2D eigenvalue weighted by Gasteiger charge is 2.89. The largest absolute Gasteiger partial charge is 0.684 e. The van der Waals surface area contributed by atoms with Crippen molar-refractivity contribution in [2.45, 2.75) is 78.6 Å². The molecule has 11 bridgehead atoms. The second-order valence-electron chi connectivity index (χ2n) is 15.9. The predicted octanol–water partition coefficient (Wildman–Crippen LogP) is -4.03. The molecule has 12 saturated heterocycles. The van der Waals surface area contributed by atoms with E-state index in [9.17, 15) is 24.0 Å². The van der Waals surface area contributed by atoms with Crippen LogP contribution in [0.5, 0.6) is 0 Å². The molecule has 0 saturated carbocycles. The van der Waals surface area contributed by atoms with Gasteiger partial charge in [-0.05, 0) is 39.3 Å². The lowest BCUT2D eigenvalue weighted by Gasteiger charge is -2.57. The first-order valence-corrected chi connectivity index (χ1v) is 52.1. The average Bonchev–Trinajstić information content (AvgIpc) is 2.95. The maximum atomic E-state index is 12.8. The van der Waals surface area contributed by atoms with E-state index >= 15 is 0 Å². The maximum absolute atomic E-state index is 12.8. The number of rotatable bonds is 0. The van der Waals surface area contributed by atoms with Gasteiger partial charge in [-0.2, -0.15) is 0 Å². The molecule has 12 heterocycles. The van der Waals surface area contributed by atoms with E-state index in [-0.39, 0.29) is 0 Å². The molecule has 12 fully saturated rings. The van der Waals surface area contributed by atoms with Crippen LogP contribution in [0.2, 0.25) is 78.6 Å². The standard InChI is InChI=1S/C12H41O31Si17/c1-45(2)20-44(13)21-57-27-48(7,14)22-46(3,4)24-51(10)28-49(8)18-19-56(32-51)25-47(5,6)26-58(41-56)34-53(12,33-57)30-50(9,23-45)31-55(17,39-57)40-60(42-58)38-54(15,16)37-59(43-60)35-52(11,29-49)36-59/h13-17H,1-12H3. The van der Waals surface area contributed by atoms with Gasteiger partial charge in [-0.15, -0.1) is 0 Å². The van der Waals surface area contributed by atoms with E-state index in [1.807, 2.05) is 0 Å². The fourth-order valence-electron chi connectivity index (χ4n) is 7.18. The Morgan fingerprint density at radius 2 is 0.717 bits per heavy atom. The highest BCUT2D eigenvalue weighted by molar-refractivity contribution is 7.02. The molecular formula is C12H41O31Si17. The van der Waals surface area contributed by atoms with Crippen molar-refractivity contribution < 1.29 is 132 Å². The molecule has 343 valence electrons. The Kier molecular flexibility index (Phi) is 10.9.